The number of anilines is 1. The highest BCUT2D eigenvalue weighted by molar-refractivity contribution is 5.93. The van der Waals surface area contributed by atoms with Gasteiger partial charge in [0.1, 0.15) is 17.0 Å². The summed E-state index contributed by atoms with van der Waals surface area (Å²) < 4.78 is 12.1. The summed E-state index contributed by atoms with van der Waals surface area (Å²) in [6, 6.07) is 18.2. The van der Waals surface area contributed by atoms with Crippen LogP contribution in [0.1, 0.15) is 30.9 Å². The molecule has 0 atom stereocenters. The summed E-state index contributed by atoms with van der Waals surface area (Å²) in [5.74, 6) is 1.95. The Bertz CT molecular complexity index is 1220. The van der Waals surface area contributed by atoms with Crippen molar-refractivity contribution in [2.45, 2.75) is 33.5 Å². The first-order valence-corrected chi connectivity index (χ1v) is 12.3. The van der Waals surface area contributed by atoms with Gasteiger partial charge in [0.15, 0.2) is 0 Å². The second-order valence-corrected chi connectivity index (χ2v) is 9.54. The molecule has 3 aromatic heterocycles. The smallest absolute Gasteiger partial charge is 0.147 e. The highest BCUT2D eigenvalue weighted by Crippen LogP contribution is 2.36. The van der Waals surface area contributed by atoms with Crippen molar-refractivity contribution in [1.82, 2.24) is 19.9 Å². The van der Waals surface area contributed by atoms with Gasteiger partial charge in [0.2, 0.25) is 0 Å². The van der Waals surface area contributed by atoms with Gasteiger partial charge in [-0.2, -0.15) is 0 Å². The van der Waals surface area contributed by atoms with E-state index in [2.05, 4.69) is 45.7 Å². The quantitative estimate of drug-likeness (QED) is 0.284. The lowest BCUT2D eigenvalue weighted by molar-refractivity contribution is 0.237. The predicted molar refractivity (Wildman–Crippen MR) is 144 cm³/mol. The van der Waals surface area contributed by atoms with Crippen LogP contribution in [-0.2, 0) is 19.6 Å². The molecule has 4 aromatic rings. The fourth-order valence-electron chi connectivity index (χ4n) is 4.01. The maximum atomic E-state index is 6.32. The third-order valence-electron chi connectivity index (χ3n) is 5.80. The van der Waals surface area contributed by atoms with Crippen LogP contribution in [0.25, 0.3) is 10.9 Å². The first kappa shape index (κ1) is 25.4. The topological polar surface area (TPSA) is 63.6 Å². The summed E-state index contributed by atoms with van der Waals surface area (Å²) in [7, 11) is 5.72. The largest absolute Gasteiger partial charge is 0.494 e. The van der Waals surface area contributed by atoms with E-state index in [0.29, 0.717) is 32.2 Å². The molecule has 0 aliphatic heterocycles. The number of hydrogen-bond acceptors (Lipinski definition) is 7. The number of aromatic nitrogens is 3. The molecule has 3 heterocycles. The molecule has 0 unspecified atom stereocenters. The maximum absolute atomic E-state index is 6.32. The van der Waals surface area contributed by atoms with Crippen LogP contribution in [0.3, 0.4) is 0 Å². The van der Waals surface area contributed by atoms with Crippen molar-refractivity contribution in [2.75, 3.05) is 32.7 Å². The molecule has 4 rings (SSSR count). The lowest BCUT2D eigenvalue weighted by atomic mass is 10.1. The molecule has 0 amide bonds. The molecule has 0 saturated carbocycles. The van der Waals surface area contributed by atoms with Crippen molar-refractivity contribution in [3.8, 4) is 11.5 Å². The molecule has 0 radical (unpaired) electrons. The molecule has 36 heavy (non-hydrogen) atoms. The van der Waals surface area contributed by atoms with Gasteiger partial charge < -0.3 is 14.4 Å². The lowest BCUT2D eigenvalue weighted by Crippen LogP contribution is -2.24. The Morgan fingerprint density at radius 2 is 1.44 bits per heavy atom. The van der Waals surface area contributed by atoms with Crippen molar-refractivity contribution < 1.29 is 9.47 Å². The molecule has 7 nitrogen and oxygen atoms in total. The Labute approximate surface area is 213 Å². The van der Waals surface area contributed by atoms with Crippen LogP contribution in [-0.4, -0.2) is 47.7 Å². The monoisotopic (exact) mass is 485 g/mol. The number of benzene rings is 1. The van der Waals surface area contributed by atoms with Crippen LogP contribution < -0.4 is 14.4 Å². The highest BCUT2D eigenvalue weighted by atomic mass is 16.5. The van der Waals surface area contributed by atoms with E-state index in [0.717, 1.165) is 45.2 Å². The lowest BCUT2D eigenvalue weighted by Gasteiger charge is -2.23. The Hall–Kier alpha value is -3.71. The van der Waals surface area contributed by atoms with Crippen LogP contribution in [0, 0.1) is 5.92 Å². The van der Waals surface area contributed by atoms with Gasteiger partial charge in [-0.15, -0.1) is 0 Å². The zero-order valence-electron chi connectivity index (χ0n) is 21.8. The third-order valence-corrected chi connectivity index (χ3v) is 5.80. The van der Waals surface area contributed by atoms with Crippen molar-refractivity contribution in [3.05, 3.63) is 84.1 Å². The molecular weight excluding hydrogens is 450 g/mol. The molecule has 0 saturated heterocycles. The summed E-state index contributed by atoms with van der Waals surface area (Å²) >= 11 is 0. The number of hydrogen-bond donors (Lipinski definition) is 0. The first-order valence-electron chi connectivity index (χ1n) is 12.3. The van der Waals surface area contributed by atoms with E-state index >= 15 is 0 Å². The molecule has 0 fully saturated rings. The van der Waals surface area contributed by atoms with Crippen LogP contribution >= 0.6 is 0 Å². The average Bonchev–Trinajstić information content (AvgIpc) is 2.87. The van der Waals surface area contributed by atoms with Crippen LogP contribution in [0.4, 0.5) is 5.69 Å². The van der Waals surface area contributed by atoms with E-state index in [1.165, 1.54) is 0 Å². The third kappa shape index (κ3) is 6.49. The first-order chi connectivity index (χ1) is 17.4. The molecule has 7 heteroatoms. The van der Waals surface area contributed by atoms with Gasteiger partial charge in [-0.25, -0.2) is 4.98 Å². The number of fused-ring (bicyclic) bond motifs is 1. The molecule has 0 aliphatic rings. The summed E-state index contributed by atoms with van der Waals surface area (Å²) in [6.07, 6.45) is 3.65. The van der Waals surface area contributed by atoms with Crippen LogP contribution in [0.15, 0.2) is 67.0 Å². The fraction of sp³-hybridized carbons (Fsp3) is 0.345. The molecule has 188 valence electrons. The molecule has 0 spiro atoms. The number of pyridine rings is 3. The molecule has 1 aromatic carbocycles. The van der Waals surface area contributed by atoms with Crippen molar-refractivity contribution in [1.29, 1.82) is 0 Å². The van der Waals surface area contributed by atoms with Gasteiger partial charge in [0.25, 0.3) is 0 Å². The van der Waals surface area contributed by atoms with Gasteiger partial charge in [-0.1, -0.05) is 26.0 Å². The maximum Gasteiger partial charge on any atom is 0.147 e. The average molecular weight is 486 g/mol. The van der Waals surface area contributed by atoms with Gasteiger partial charge in [0.05, 0.1) is 30.8 Å². The Morgan fingerprint density at radius 3 is 1.97 bits per heavy atom. The van der Waals surface area contributed by atoms with Gasteiger partial charge in [-0.3, -0.25) is 14.9 Å². The SMILES string of the molecule is COc1cc(N(C)C)cc2c(OCC(C)C)cc(CN(Cc3ccccn3)Cc3ccccn3)nc12. The molecule has 0 aliphatic carbocycles. The van der Waals surface area contributed by atoms with E-state index in [9.17, 15) is 0 Å². The Balaban J connectivity index is 1.74. The van der Waals surface area contributed by atoms with Crippen molar-refractivity contribution in [3.63, 3.8) is 0 Å². The second kappa shape index (κ2) is 11.8. The minimum atomic E-state index is 0.403. The van der Waals surface area contributed by atoms with Gasteiger partial charge in [-0.05, 0) is 36.2 Å². The number of methoxy groups -OCH3 is 1. The molecule has 0 bridgehead atoms. The Kier molecular flexibility index (Phi) is 8.33. The number of ether oxygens (including phenoxy) is 2. The summed E-state index contributed by atoms with van der Waals surface area (Å²) in [6.45, 7) is 6.89. The predicted octanol–water partition coefficient (Wildman–Crippen LogP) is 5.34. The van der Waals surface area contributed by atoms with E-state index in [-0.39, 0.29) is 0 Å². The summed E-state index contributed by atoms with van der Waals surface area (Å²) in [5.41, 5.74) is 4.74. The Morgan fingerprint density at radius 1 is 0.806 bits per heavy atom. The van der Waals surface area contributed by atoms with E-state index in [1.807, 2.05) is 69.0 Å². The van der Waals surface area contributed by atoms with Crippen LogP contribution in [0.2, 0.25) is 0 Å². The van der Waals surface area contributed by atoms with Crippen LogP contribution in [0.5, 0.6) is 11.5 Å². The molecule has 0 N–H and O–H groups in total. The standard InChI is InChI=1S/C29H35N5O2/c1-21(2)20-36-27-14-24(32-29-26(27)15-25(33(3)4)16-28(29)35-5)19-34(17-22-10-6-8-12-30-22)18-23-11-7-9-13-31-23/h6-16,21H,17-20H2,1-5H3. The second-order valence-electron chi connectivity index (χ2n) is 9.54. The number of rotatable bonds is 11. The minimum absolute atomic E-state index is 0.403. The van der Waals surface area contributed by atoms with Crippen molar-refractivity contribution in [2.24, 2.45) is 5.92 Å². The van der Waals surface area contributed by atoms with E-state index in [4.69, 9.17) is 14.5 Å². The summed E-state index contributed by atoms with van der Waals surface area (Å²) in [4.78, 5) is 18.5. The van der Waals surface area contributed by atoms with Crippen molar-refractivity contribution >= 4 is 16.6 Å². The zero-order chi connectivity index (χ0) is 25.5. The highest BCUT2D eigenvalue weighted by Gasteiger charge is 2.17. The van der Waals surface area contributed by atoms with Gasteiger partial charge >= 0.3 is 0 Å². The molecular formula is C29H35N5O2. The van der Waals surface area contributed by atoms with E-state index < -0.39 is 0 Å². The fourth-order valence-corrected chi connectivity index (χ4v) is 4.01. The summed E-state index contributed by atoms with van der Waals surface area (Å²) in [5, 5.41) is 0.948. The minimum Gasteiger partial charge on any atom is -0.494 e. The zero-order valence-corrected chi connectivity index (χ0v) is 21.8. The van der Waals surface area contributed by atoms with Gasteiger partial charge in [0, 0.05) is 69.3 Å². The van der Waals surface area contributed by atoms with E-state index in [1.54, 1.807) is 7.11 Å². The normalized spacial score (nSPS) is 11.3. The number of nitrogens with zero attached hydrogens (tertiary/aromatic N) is 5.